The van der Waals surface area contributed by atoms with Crippen molar-refractivity contribution >= 4 is 23.4 Å². The fourth-order valence-corrected chi connectivity index (χ4v) is 3.52. The van der Waals surface area contributed by atoms with Gasteiger partial charge in [0, 0.05) is 19.1 Å². The van der Waals surface area contributed by atoms with Crippen molar-refractivity contribution in [2.24, 2.45) is 5.92 Å². The van der Waals surface area contributed by atoms with Crippen molar-refractivity contribution < 1.29 is 19.4 Å². The summed E-state index contributed by atoms with van der Waals surface area (Å²) in [7, 11) is 1.62. The maximum atomic E-state index is 12.4. The van der Waals surface area contributed by atoms with Gasteiger partial charge in [0.25, 0.3) is 0 Å². The van der Waals surface area contributed by atoms with E-state index in [0.717, 1.165) is 12.8 Å². The van der Waals surface area contributed by atoms with E-state index in [9.17, 15) is 14.7 Å². The van der Waals surface area contributed by atoms with E-state index in [2.05, 4.69) is 10.6 Å². The lowest BCUT2D eigenvalue weighted by molar-refractivity contribution is -0.130. The average Bonchev–Trinajstić information content (AvgIpc) is 2.57. The summed E-state index contributed by atoms with van der Waals surface area (Å²) in [4.78, 5) is 24.7. The minimum atomic E-state index is -0.211. The van der Waals surface area contributed by atoms with Gasteiger partial charge in [-0.15, -0.1) is 0 Å². The SMILES string of the molecule is CO[C@@H]1CC[C@H](C(=O)NC(C)C)C[C@H]1NC(=O)Cc1ccc(O)c(Cl)c1. The molecular formula is C19H27ClN2O4. The first-order valence-electron chi connectivity index (χ1n) is 8.90. The molecule has 3 N–H and O–H groups in total. The first-order valence-corrected chi connectivity index (χ1v) is 9.27. The molecule has 1 saturated carbocycles. The first kappa shape index (κ1) is 20.5. The molecule has 1 aromatic carbocycles. The zero-order chi connectivity index (χ0) is 19.3. The number of rotatable bonds is 6. The zero-order valence-corrected chi connectivity index (χ0v) is 16.2. The number of aromatic hydroxyl groups is 1. The van der Waals surface area contributed by atoms with Crippen molar-refractivity contribution in [1.29, 1.82) is 0 Å². The van der Waals surface area contributed by atoms with Crippen LogP contribution >= 0.6 is 11.6 Å². The number of hydrogen-bond acceptors (Lipinski definition) is 4. The molecule has 0 spiro atoms. The average molecular weight is 383 g/mol. The van der Waals surface area contributed by atoms with Gasteiger partial charge in [-0.2, -0.15) is 0 Å². The summed E-state index contributed by atoms with van der Waals surface area (Å²) in [5.41, 5.74) is 0.712. The summed E-state index contributed by atoms with van der Waals surface area (Å²) < 4.78 is 5.50. The third kappa shape index (κ3) is 5.61. The quantitative estimate of drug-likeness (QED) is 0.705. The van der Waals surface area contributed by atoms with Crippen LogP contribution in [0.2, 0.25) is 5.02 Å². The highest BCUT2D eigenvalue weighted by Gasteiger charge is 2.35. The Morgan fingerprint density at radius 2 is 2.08 bits per heavy atom. The van der Waals surface area contributed by atoms with Gasteiger partial charge in [0.1, 0.15) is 5.75 Å². The van der Waals surface area contributed by atoms with Gasteiger partial charge in [0.2, 0.25) is 11.8 Å². The molecule has 2 rings (SSSR count). The Balaban J connectivity index is 1.98. The molecule has 0 aliphatic heterocycles. The lowest BCUT2D eigenvalue weighted by Gasteiger charge is -2.35. The minimum Gasteiger partial charge on any atom is -0.506 e. The summed E-state index contributed by atoms with van der Waals surface area (Å²) in [6.45, 7) is 3.86. The molecule has 0 heterocycles. The second kappa shape index (κ2) is 9.24. The third-order valence-corrected chi connectivity index (χ3v) is 4.92. The van der Waals surface area contributed by atoms with Crippen LogP contribution in [0.25, 0.3) is 0 Å². The van der Waals surface area contributed by atoms with Gasteiger partial charge < -0.3 is 20.5 Å². The monoisotopic (exact) mass is 382 g/mol. The van der Waals surface area contributed by atoms with Crippen molar-refractivity contribution in [3.8, 4) is 5.75 Å². The molecule has 0 unspecified atom stereocenters. The third-order valence-electron chi connectivity index (χ3n) is 4.61. The van der Waals surface area contributed by atoms with Gasteiger partial charge in [0.05, 0.1) is 23.6 Å². The molecule has 6 nitrogen and oxygen atoms in total. The molecule has 2 amide bonds. The zero-order valence-electron chi connectivity index (χ0n) is 15.4. The maximum Gasteiger partial charge on any atom is 0.224 e. The van der Waals surface area contributed by atoms with E-state index in [0.29, 0.717) is 12.0 Å². The van der Waals surface area contributed by atoms with Crippen molar-refractivity contribution in [3.63, 3.8) is 0 Å². The van der Waals surface area contributed by atoms with Gasteiger partial charge in [-0.3, -0.25) is 9.59 Å². The van der Waals surface area contributed by atoms with Crippen molar-refractivity contribution in [3.05, 3.63) is 28.8 Å². The molecule has 7 heteroatoms. The van der Waals surface area contributed by atoms with Gasteiger partial charge in [0.15, 0.2) is 0 Å². The number of halogens is 1. The fraction of sp³-hybridized carbons (Fsp3) is 0.579. The number of hydrogen-bond donors (Lipinski definition) is 3. The molecule has 1 aromatic rings. The molecular weight excluding hydrogens is 356 g/mol. The standard InChI is InChI=1S/C19H27ClN2O4/c1-11(2)21-19(25)13-5-7-17(26-3)15(10-13)22-18(24)9-12-4-6-16(23)14(20)8-12/h4,6,8,11,13,15,17,23H,5,7,9-10H2,1-3H3,(H,21,25)(H,22,24)/t13-,15+,17+/m0/s1. The second-order valence-electron chi connectivity index (χ2n) is 7.08. The fourth-order valence-electron chi connectivity index (χ4n) is 3.32. The van der Waals surface area contributed by atoms with Crippen LogP contribution in [0.4, 0.5) is 0 Å². The number of nitrogens with one attached hydrogen (secondary N) is 2. The second-order valence-corrected chi connectivity index (χ2v) is 7.49. The molecule has 1 fully saturated rings. The van der Waals surface area contributed by atoms with Crippen LogP contribution in [-0.2, 0) is 20.7 Å². The summed E-state index contributed by atoms with van der Waals surface area (Å²) in [5.74, 6) is -0.276. The summed E-state index contributed by atoms with van der Waals surface area (Å²) in [6.07, 6.45) is 2.07. The van der Waals surface area contributed by atoms with Crippen LogP contribution in [0.1, 0.15) is 38.7 Å². The van der Waals surface area contributed by atoms with E-state index in [-0.39, 0.29) is 53.1 Å². The van der Waals surface area contributed by atoms with Gasteiger partial charge in [-0.05, 0) is 50.8 Å². The molecule has 3 atom stereocenters. The van der Waals surface area contributed by atoms with Crippen LogP contribution in [0.3, 0.4) is 0 Å². The van der Waals surface area contributed by atoms with E-state index in [1.807, 2.05) is 13.8 Å². The molecule has 0 bridgehead atoms. The smallest absolute Gasteiger partial charge is 0.224 e. The lowest BCUT2D eigenvalue weighted by Crippen LogP contribution is -2.51. The Bertz CT molecular complexity index is 650. The predicted octanol–water partition coefficient (Wildman–Crippen LogP) is 2.41. The maximum absolute atomic E-state index is 12.4. The van der Waals surface area contributed by atoms with Crippen molar-refractivity contribution in [2.75, 3.05) is 7.11 Å². The molecule has 0 radical (unpaired) electrons. The van der Waals surface area contributed by atoms with Crippen LogP contribution < -0.4 is 10.6 Å². The highest BCUT2D eigenvalue weighted by molar-refractivity contribution is 6.32. The number of benzene rings is 1. The number of phenolic OH excluding ortho intramolecular Hbond substituents is 1. The van der Waals surface area contributed by atoms with E-state index in [1.54, 1.807) is 19.2 Å². The lowest BCUT2D eigenvalue weighted by atomic mass is 9.82. The van der Waals surface area contributed by atoms with E-state index >= 15 is 0 Å². The highest BCUT2D eigenvalue weighted by atomic mass is 35.5. The number of phenols is 1. The molecule has 144 valence electrons. The van der Waals surface area contributed by atoms with Crippen molar-refractivity contribution in [1.82, 2.24) is 10.6 Å². The van der Waals surface area contributed by atoms with Gasteiger partial charge in [-0.25, -0.2) is 0 Å². The predicted molar refractivity (Wildman–Crippen MR) is 100 cm³/mol. The van der Waals surface area contributed by atoms with Crippen LogP contribution in [0.15, 0.2) is 18.2 Å². The van der Waals surface area contributed by atoms with Crippen molar-refractivity contribution in [2.45, 2.75) is 57.7 Å². The normalized spacial score (nSPS) is 22.9. The Labute approximate surface area is 159 Å². The molecule has 0 aromatic heterocycles. The topological polar surface area (TPSA) is 87.7 Å². The number of amides is 2. The summed E-state index contributed by atoms with van der Waals surface area (Å²) >= 11 is 5.88. The van der Waals surface area contributed by atoms with Gasteiger partial charge >= 0.3 is 0 Å². The molecule has 26 heavy (non-hydrogen) atoms. The van der Waals surface area contributed by atoms with E-state index in [1.165, 1.54) is 6.07 Å². The Morgan fingerprint density at radius 1 is 1.35 bits per heavy atom. The Kier molecular flexibility index (Phi) is 7.29. The van der Waals surface area contributed by atoms with Crippen LogP contribution in [-0.4, -0.2) is 42.2 Å². The van der Waals surface area contributed by atoms with E-state index in [4.69, 9.17) is 16.3 Å². The molecule has 0 saturated heterocycles. The van der Waals surface area contributed by atoms with E-state index < -0.39 is 0 Å². The largest absolute Gasteiger partial charge is 0.506 e. The highest BCUT2D eigenvalue weighted by Crippen LogP contribution is 2.27. The summed E-state index contributed by atoms with van der Waals surface area (Å²) in [5, 5.41) is 15.6. The molecule has 1 aliphatic rings. The van der Waals surface area contributed by atoms with Gasteiger partial charge in [-0.1, -0.05) is 17.7 Å². The molecule has 1 aliphatic carbocycles. The first-order chi connectivity index (χ1) is 12.3. The van der Waals surface area contributed by atoms with Crippen LogP contribution in [0, 0.1) is 5.92 Å². The Hall–Kier alpha value is -1.79. The summed E-state index contributed by atoms with van der Waals surface area (Å²) in [6, 6.07) is 4.58. The number of ether oxygens (including phenoxy) is 1. The minimum absolute atomic E-state index is 0.0124. The van der Waals surface area contributed by atoms with Crippen LogP contribution in [0.5, 0.6) is 5.75 Å². The number of methoxy groups -OCH3 is 1. The Morgan fingerprint density at radius 3 is 2.69 bits per heavy atom. The number of carbonyl (C=O) groups is 2. The number of carbonyl (C=O) groups excluding carboxylic acids is 2.